The fraction of sp³-hybridized carbons (Fsp3) is 0.333. The molecule has 194 valence electrons. The molecule has 0 bridgehead atoms. The molecular formula is C27H30N4O6. The number of amides is 2. The van der Waals surface area contributed by atoms with Gasteiger partial charge in [0.25, 0.3) is 0 Å². The van der Waals surface area contributed by atoms with E-state index in [2.05, 4.69) is 32.6 Å². The van der Waals surface area contributed by atoms with Crippen molar-refractivity contribution in [1.29, 1.82) is 0 Å². The number of rotatable bonds is 8. The molecule has 1 fully saturated rings. The van der Waals surface area contributed by atoms with Crippen LogP contribution in [0.25, 0.3) is 0 Å². The van der Waals surface area contributed by atoms with Gasteiger partial charge in [-0.25, -0.2) is 0 Å². The summed E-state index contributed by atoms with van der Waals surface area (Å²) in [5, 5.41) is 5.44. The normalized spacial score (nSPS) is 15.8. The van der Waals surface area contributed by atoms with Gasteiger partial charge in [0.15, 0.2) is 11.5 Å². The first-order chi connectivity index (χ1) is 18.1. The lowest BCUT2D eigenvalue weighted by Gasteiger charge is -2.39. The van der Waals surface area contributed by atoms with Crippen LogP contribution in [0.4, 0.5) is 5.69 Å². The highest BCUT2D eigenvalue weighted by Crippen LogP contribution is 2.32. The fourth-order valence-electron chi connectivity index (χ4n) is 4.56. The largest absolute Gasteiger partial charge is 0.497 e. The Morgan fingerprint density at radius 1 is 0.946 bits per heavy atom. The molecule has 3 heterocycles. The molecule has 2 aromatic carbocycles. The second kappa shape index (κ2) is 11.3. The first kappa shape index (κ1) is 24.5. The highest BCUT2D eigenvalue weighted by Gasteiger charge is 2.28. The molecule has 0 radical (unpaired) electrons. The quantitative estimate of drug-likeness (QED) is 0.449. The maximum atomic E-state index is 12.6. The second-order valence-electron chi connectivity index (χ2n) is 8.83. The van der Waals surface area contributed by atoms with Crippen LogP contribution >= 0.6 is 0 Å². The molecule has 1 aromatic heterocycles. The van der Waals surface area contributed by atoms with Gasteiger partial charge in [0, 0.05) is 45.0 Å². The molecule has 2 N–H and O–H groups in total. The average Bonchev–Trinajstić information content (AvgIpc) is 3.64. The zero-order valence-corrected chi connectivity index (χ0v) is 20.6. The van der Waals surface area contributed by atoms with Gasteiger partial charge in [0.2, 0.25) is 6.79 Å². The minimum absolute atomic E-state index is 0.181. The Bertz CT molecular complexity index is 1210. The van der Waals surface area contributed by atoms with Crippen LogP contribution in [0.15, 0.2) is 65.3 Å². The first-order valence-electron chi connectivity index (χ1n) is 12.2. The zero-order valence-electron chi connectivity index (χ0n) is 20.6. The summed E-state index contributed by atoms with van der Waals surface area (Å²) in [6.45, 7) is 3.86. The van der Waals surface area contributed by atoms with E-state index in [1.54, 1.807) is 25.5 Å². The number of anilines is 1. The molecule has 10 heteroatoms. The number of furan rings is 1. The van der Waals surface area contributed by atoms with Crippen molar-refractivity contribution < 1.29 is 28.2 Å². The van der Waals surface area contributed by atoms with E-state index in [0.717, 1.165) is 48.9 Å². The molecule has 37 heavy (non-hydrogen) atoms. The number of nitrogens with one attached hydrogen (secondary N) is 2. The number of methoxy groups -OCH3 is 1. The van der Waals surface area contributed by atoms with Crippen molar-refractivity contribution >= 4 is 17.5 Å². The number of carbonyl (C=O) groups excluding carboxylic acids is 2. The maximum Gasteiger partial charge on any atom is 0.309 e. The summed E-state index contributed by atoms with van der Waals surface area (Å²) in [4.78, 5) is 29.6. The summed E-state index contributed by atoms with van der Waals surface area (Å²) >= 11 is 0. The van der Waals surface area contributed by atoms with E-state index in [1.807, 2.05) is 30.3 Å². The van der Waals surface area contributed by atoms with E-state index < -0.39 is 11.8 Å². The highest BCUT2D eigenvalue weighted by molar-refractivity contribution is 6.35. The van der Waals surface area contributed by atoms with E-state index in [9.17, 15) is 9.59 Å². The molecular weight excluding hydrogens is 476 g/mol. The molecule has 3 aromatic rings. The third-order valence-corrected chi connectivity index (χ3v) is 6.62. The third kappa shape index (κ3) is 5.80. The zero-order chi connectivity index (χ0) is 25.6. The Labute approximate surface area is 215 Å². The number of nitrogens with zero attached hydrogens (tertiary/aromatic N) is 2. The lowest BCUT2D eigenvalue weighted by Crippen LogP contribution is -2.50. The molecule has 0 spiro atoms. The minimum atomic E-state index is -0.694. The van der Waals surface area contributed by atoms with Gasteiger partial charge in [0.05, 0.1) is 19.4 Å². The van der Waals surface area contributed by atoms with Crippen LogP contribution in [0.1, 0.15) is 17.4 Å². The van der Waals surface area contributed by atoms with E-state index in [0.29, 0.717) is 11.5 Å². The number of ether oxygens (including phenoxy) is 3. The van der Waals surface area contributed by atoms with Crippen molar-refractivity contribution in [3.8, 4) is 17.2 Å². The maximum absolute atomic E-state index is 12.6. The van der Waals surface area contributed by atoms with Crippen LogP contribution in [0.2, 0.25) is 0 Å². The Balaban J connectivity index is 1.14. The van der Waals surface area contributed by atoms with Crippen LogP contribution in [0, 0.1) is 0 Å². The van der Waals surface area contributed by atoms with Gasteiger partial charge in [-0.3, -0.25) is 14.5 Å². The molecule has 10 nitrogen and oxygen atoms in total. The van der Waals surface area contributed by atoms with Crippen LogP contribution in [-0.2, 0) is 16.1 Å². The summed E-state index contributed by atoms with van der Waals surface area (Å²) in [6, 6.07) is 17.0. The monoisotopic (exact) mass is 506 g/mol. The first-order valence-corrected chi connectivity index (χ1v) is 12.2. The number of piperazine rings is 1. The van der Waals surface area contributed by atoms with Crippen LogP contribution in [-0.4, -0.2) is 63.3 Å². The van der Waals surface area contributed by atoms with Gasteiger partial charge < -0.3 is 34.2 Å². The fourth-order valence-corrected chi connectivity index (χ4v) is 4.56. The van der Waals surface area contributed by atoms with Gasteiger partial charge in [-0.15, -0.1) is 0 Å². The van der Waals surface area contributed by atoms with Gasteiger partial charge in [0.1, 0.15) is 11.5 Å². The van der Waals surface area contributed by atoms with Crippen molar-refractivity contribution in [1.82, 2.24) is 15.5 Å². The van der Waals surface area contributed by atoms with E-state index in [1.165, 1.54) is 0 Å². The minimum Gasteiger partial charge on any atom is -0.497 e. The van der Waals surface area contributed by atoms with E-state index >= 15 is 0 Å². The standard InChI is InChI=1S/C27H30N4O6/c1-34-21-7-5-20(6-8-21)30-10-12-31(13-11-30)22(23-3-2-14-35-23)17-29-27(33)26(32)28-16-19-4-9-24-25(15-19)37-18-36-24/h2-9,14-15,22H,10-13,16-18H2,1H3,(H,28,32)(H,29,33). The summed E-state index contributed by atoms with van der Waals surface area (Å²) < 4.78 is 21.6. The van der Waals surface area contributed by atoms with Crippen molar-refractivity contribution in [3.63, 3.8) is 0 Å². The molecule has 5 rings (SSSR count). The Kier molecular flexibility index (Phi) is 7.46. The molecule has 1 atom stereocenters. The molecule has 2 aliphatic heterocycles. The molecule has 0 saturated carbocycles. The number of hydrogen-bond donors (Lipinski definition) is 2. The Hall–Kier alpha value is -4.18. The molecule has 2 aliphatic rings. The molecule has 2 amide bonds. The van der Waals surface area contributed by atoms with Crippen molar-refractivity contribution in [2.45, 2.75) is 12.6 Å². The summed E-state index contributed by atoms with van der Waals surface area (Å²) in [5.41, 5.74) is 1.95. The Morgan fingerprint density at radius 2 is 1.70 bits per heavy atom. The van der Waals surface area contributed by atoms with E-state index in [4.69, 9.17) is 18.6 Å². The predicted molar refractivity (Wildman–Crippen MR) is 136 cm³/mol. The van der Waals surface area contributed by atoms with E-state index in [-0.39, 0.29) is 25.9 Å². The van der Waals surface area contributed by atoms with Crippen LogP contribution < -0.4 is 29.7 Å². The molecule has 0 aliphatic carbocycles. The smallest absolute Gasteiger partial charge is 0.309 e. The number of carbonyl (C=O) groups is 2. The summed E-state index contributed by atoms with van der Waals surface area (Å²) in [7, 11) is 1.66. The van der Waals surface area contributed by atoms with Gasteiger partial charge in [-0.2, -0.15) is 0 Å². The molecule has 1 unspecified atom stereocenters. The van der Waals surface area contributed by atoms with Crippen LogP contribution in [0.3, 0.4) is 0 Å². The van der Waals surface area contributed by atoms with Crippen molar-refractivity contribution in [3.05, 3.63) is 72.2 Å². The van der Waals surface area contributed by atoms with Crippen molar-refractivity contribution in [2.75, 3.05) is 51.5 Å². The van der Waals surface area contributed by atoms with Crippen molar-refractivity contribution in [2.24, 2.45) is 0 Å². The lowest BCUT2D eigenvalue weighted by molar-refractivity contribution is -0.139. The number of benzene rings is 2. The summed E-state index contributed by atoms with van der Waals surface area (Å²) in [5.74, 6) is 1.50. The Morgan fingerprint density at radius 3 is 2.43 bits per heavy atom. The lowest BCUT2D eigenvalue weighted by atomic mass is 10.1. The average molecular weight is 507 g/mol. The number of fused-ring (bicyclic) bond motifs is 1. The topological polar surface area (TPSA) is 106 Å². The third-order valence-electron chi connectivity index (χ3n) is 6.62. The predicted octanol–water partition coefficient (Wildman–Crippen LogP) is 2.31. The molecule has 1 saturated heterocycles. The van der Waals surface area contributed by atoms with Crippen LogP contribution in [0.5, 0.6) is 17.2 Å². The second-order valence-corrected chi connectivity index (χ2v) is 8.83. The summed E-state index contributed by atoms with van der Waals surface area (Å²) in [6.07, 6.45) is 1.62. The highest BCUT2D eigenvalue weighted by atomic mass is 16.7. The van der Waals surface area contributed by atoms with Gasteiger partial charge in [-0.05, 0) is 54.1 Å². The van der Waals surface area contributed by atoms with Gasteiger partial charge in [-0.1, -0.05) is 6.07 Å². The number of hydrogen-bond acceptors (Lipinski definition) is 8. The SMILES string of the molecule is COc1ccc(N2CCN(C(CNC(=O)C(=O)NCc3ccc4c(c3)OCO4)c3ccco3)CC2)cc1. The van der Waals surface area contributed by atoms with Gasteiger partial charge >= 0.3 is 11.8 Å².